The van der Waals surface area contributed by atoms with Gasteiger partial charge in [0, 0.05) is 5.02 Å². The SMILES string of the molecule is COC(=O)CS(=O)(=O)CC(=O)Nc1cc(Cl)ccc1C(=O)OC. The summed E-state index contributed by atoms with van der Waals surface area (Å²) in [7, 11) is -1.81. The Bertz CT molecular complexity index is 730. The van der Waals surface area contributed by atoms with E-state index in [1.54, 1.807) is 0 Å². The van der Waals surface area contributed by atoms with E-state index in [1.165, 1.54) is 18.2 Å². The van der Waals surface area contributed by atoms with Gasteiger partial charge in [0.2, 0.25) is 5.91 Å². The molecule has 0 aliphatic carbocycles. The molecule has 1 aromatic carbocycles. The minimum Gasteiger partial charge on any atom is -0.468 e. The van der Waals surface area contributed by atoms with Gasteiger partial charge in [0.25, 0.3) is 0 Å². The van der Waals surface area contributed by atoms with E-state index < -0.39 is 39.2 Å². The number of anilines is 1. The molecular weight excluding hydrogens is 350 g/mol. The average Bonchev–Trinajstić information content (AvgIpc) is 2.45. The quantitative estimate of drug-likeness (QED) is 0.737. The summed E-state index contributed by atoms with van der Waals surface area (Å²) >= 11 is 5.79. The number of ether oxygens (including phenoxy) is 2. The fourth-order valence-electron chi connectivity index (χ4n) is 1.58. The summed E-state index contributed by atoms with van der Waals surface area (Å²) in [5.74, 6) is -4.50. The second-order valence-corrected chi connectivity index (χ2v) is 6.84. The minimum atomic E-state index is -4.00. The third-order valence-electron chi connectivity index (χ3n) is 2.58. The molecule has 1 N–H and O–H groups in total. The van der Waals surface area contributed by atoms with Gasteiger partial charge in [0.05, 0.1) is 25.5 Å². The Morgan fingerprint density at radius 1 is 1.13 bits per heavy atom. The number of hydrogen-bond acceptors (Lipinski definition) is 7. The van der Waals surface area contributed by atoms with Crippen LogP contribution in [0.15, 0.2) is 18.2 Å². The number of amides is 1. The van der Waals surface area contributed by atoms with E-state index in [0.717, 1.165) is 14.2 Å². The van der Waals surface area contributed by atoms with Crippen molar-refractivity contribution < 1.29 is 32.3 Å². The summed E-state index contributed by atoms with van der Waals surface area (Å²) in [6.07, 6.45) is 0. The molecule has 0 atom stereocenters. The molecule has 0 bridgehead atoms. The molecule has 126 valence electrons. The molecule has 0 fully saturated rings. The minimum absolute atomic E-state index is 0.00242. The number of carbonyl (C=O) groups excluding carboxylic acids is 3. The third-order valence-corrected chi connectivity index (χ3v) is 4.19. The molecule has 10 heteroatoms. The Labute approximate surface area is 137 Å². The predicted molar refractivity (Wildman–Crippen MR) is 82.1 cm³/mol. The summed E-state index contributed by atoms with van der Waals surface area (Å²) in [5, 5.41) is 2.49. The molecule has 0 heterocycles. The largest absolute Gasteiger partial charge is 0.468 e. The fraction of sp³-hybridized carbons (Fsp3) is 0.308. The Hall–Kier alpha value is -2.13. The monoisotopic (exact) mass is 363 g/mol. The smallest absolute Gasteiger partial charge is 0.339 e. The van der Waals surface area contributed by atoms with Gasteiger partial charge in [-0.2, -0.15) is 0 Å². The van der Waals surface area contributed by atoms with Crippen LogP contribution >= 0.6 is 11.6 Å². The van der Waals surface area contributed by atoms with Crippen molar-refractivity contribution in [2.24, 2.45) is 0 Å². The first-order valence-electron chi connectivity index (χ1n) is 6.13. The van der Waals surface area contributed by atoms with Gasteiger partial charge in [-0.25, -0.2) is 13.2 Å². The standard InChI is InChI=1S/C13H14ClNO7S/c1-21-12(17)7-23(19,20)6-11(16)15-10-5-8(14)3-4-9(10)13(18)22-2/h3-5H,6-7H2,1-2H3,(H,15,16). The van der Waals surface area contributed by atoms with Crippen LogP contribution in [0.2, 0.25) is 5.02 Å². The van der Waals surface area contributed by atoms with E-state index in [9.17, 15) is 22.8 Å². The molecule has 0 saturated heterocycles. The normalized spacial score (nSPS) is 10.7. The number of benzene rings is 1. The average molecular weight is 364 g/mol. The Kier molecular flexibility index (Phi) is 6.52. The van der Waals surface area contributed by atoms with E-state index in [4.69, 9.17) is 11.6 Å². The molecule has 1 amide bonds. The summed E-state index contributed by atoms with van der Waals surface area (Å²) in [5.41, 5.74) is 0.0123. The molecule has 1 aromatic rings. The van der Waals surface area contributed by atoms with Crippen molar-refractivity contribution in [1.82, 2.24) is 0 Å². The van der Waals surface area contributed by atoms with Crippen LogP contribution in [0.4, 0.5) is 5.69 Å². The number of nitrogens with one attached hydrogen (secondary N) is 1. The molecule has 0 unspecified atom stereocenters. The summed E-state index contributed by atoms with van der Waals surface area (Å²) in [6.45, 7) is 0. The van der Waals surface area contributed by atoms with Crippen molar-refractivity contribution in [3.63, 3.8) is 0 Å². The highest BCUT2D eigenvalue weighted by Crippen LogP contribution is 2.22. The number of sulfone groups is 1. The highest BCUT2D eigenvalue weighted by Gasteiger charge is 2.22. The second-order valence-electron chi connectivity index (χ2n) is 4.34. The molecule has 0 spiro atoms. The van der Waals surface area contributed by atoms with Crippen LogP contribution in [0, 0.1) is 0 Å². The third kappa shape index (κ3) is 5.87. The summed E-state index contributed by atoms with van der Waals surface area (Å²) in [4.78, 5) is 34.4. The Morgan fingerprint density at radius 2 is 1.78 bits per heavy atom. The van der Waals surface area contributed by atoms with E-state index in [2.05, 4.69) is 14.8 Å². The lowest BCUT2D eigenvalue weighted by molar-refractivity contribution is -0.137. The number of esters is 2. The van der Waals surface area contributed by atoms with Crippen LogP contribution in [0.25, 0.3) is 0 Å². The van der Waals surface area contributed by atoms with Crippen LogP contribution in [-0.4, -0.2) is 52.0 Å². The van der Waals surface area contributed by atoms with Gasteiger partial charge in [-0.3, -0.25) is 9.59 Å². The number of hydrogen-bond donors (Lipinski definition) is 1. The van der Waals surface area contributed by atoms with Crippen molar-refractivity contribution in [2.45, 2.75) is 0 Å². The lowest BCUT2D eigenvalue weighted by atomic mass is 10.2. The Morgan fingerprint density at radius 3 is 2.35 bits per heavy atom. The van der Waals surface area contributed by atoms with Gasteiger partial charge in [-0.1, -0.05) is 11.6 Å². The summed E-state index contributed by atoms with van der Waals surface area (Å²) in [6, 6.07) is 4.02. The fourth-order valence-corrected chi connectivity index (χ4v) is 2.81. The lowest BCUT2D eigenvalue weighted by Crippen LogP contribution is -2.28. The van der Waals surface area contributed by atoms with Gasteiger partial charge in [-0.15, -0.1) is 0 Å². The van der Waals surface area contributed by atoms with Gasteiger partial charge < -0.3 is 14.8 Å². The van der Waals surface area contributed by atoms with Crippen molar-refractivity contribution in [3.8, 4) is 0 Å². The number of halogens is 1. The molecule has 0 aromatic heterocycles. The topological polar surface area (TPSA) is 116 Å². The van der Waals surface area contributed by atoms with Crippen molar-refractivity contribution in [2.75, 3.05) is 31.0 Å². The van der Waals surface area contributed by atoms with Crippen molar-refractivity contribution >= 4 is 45.0 Å². The molecule has 23 heavy (non-hydrogen) atoms. The Balaban J connectivity index is 2.91. The maximum atomic E-state index is 11.8. The molecule has 0 saturated carbocycles. The highest BCUT2D eigenvalue weighted by atomic mass is 35.5. The van der Waals surface area contributed by atoms with Gasteiger partial charge in [0.15, 0.2) is 9.84 Å². The zero-order chi connectivity index (χ0) is 17.6. The van der Waals surface area contributed by atoms with Crippen LogP contribution in [0.1, 0.15) is 10.4 Å². The first-order chi connectivity index (χ1) is 10.7. The zero-order valence-electron chi connectivity index (χ0n) is 12.3. The maximum Gasteiger partial charge on any atom is 0.339 e. The van der Waals surface area contributed by atoms with E-state index in [1.807, 2.05) is 0 Å². The number of carbonyl (C=O) groups is 3. The van der Waals surface area contributed by atoms with Gasteiger partial charge >= 0.3 is 11.9 Å². The van der Waals surface area contributed by atoms with E-state index in [0.29, 0.717) is 0 Å². The van der Waals surface area contributed by atoms with Gasteiger partial charge in [-0.05, 0) is 18.2 Å². The van der Waals surface area contributed by atoms with E-state index in [-0.39, 0.29) is 16.3 Å². The molecular formula is C13H14ClNO7S. The van der Waals surface area contributed by atoms with Crippen molar-refractivity contribution in [1.29, 1.82) is 0 Å². The maximum absolute atomic E-state index is 11.8. The van der Waals surface area contributed by atoms with Gasteiger partial charge in [0.1, 0.15) is 11.5 Å². The lowest BCUT2D eigenvalue weighted by Gasteiger charge is -2.10. The second kappa shape index (κ2) is 7.93. The number of rotatable bonds is 6. The van der Waals surface area contributed by atoms with E-state index >= 15 is 0 Å². The molecule has 8 nitrogen and oxygen atoms in total. The highest BCUT2D eigenvalue weighted by molar-refractivity contribution is 7.92. The molecule has 0 aliphatic heterocycles. The predicted octanol–water partition coefficient (Wildman–Crippen LogP) is 0.653. The van der Waals surface area contributed by atoms with Crippen LogP contribution in [-0.2, 0) is 28.9 Å². The molecule has 1 rings (SSSR count). The van der Waals surface area contributed by atoms with Crippen LogP contribution < -0.4 is 5.32 Å². The number of methoxy groups -OCH3 is 2. The first kappa shape index (κ1) is 18.9. The molecule has 0 aliphatic rings. The van der Waals surface area contributed by atoms with Crippen LogP contribution in [0.5, 0.6) is 0 Å². The summed E-state index contributed by atoms with van der Waals surface area (Å²) < 4.78 is 32.1. The first-order valence-corrected chi connectivity index (χ1v) is 8.33. The van der Waals surface area contributed by atoms with Crippen molar-refractivity contribution in [3.05, 3.63) is 28.8 Å². The zero-order valence-corrected chi connectivity index (χ0v) is 13.9. The van der Waals surface area contributed by atoms with Crippen LogP contribution in [0.3, 0.4) is 0 Å². The molecule has 0 radical (unpaired) electrons.